The summed E-state index contributed by atoms with van der Waals surface area (Å²) in [6.45, 7) is 16.8. The Morgan fingerprint density at radius 1 is 1.16 bits per heavy atom. The molecule has 0 bridgehead atoms. The summed E-state index contributed by atoms with van der Waals surface area (Å²) in [5, 5.41) is 0. The van der Waals surface area contributed by atoms with Crippen LogP contribution < -0.4 is 4.74 Å². The van der Waals surface area contributed by atoms with Crippen molar-refractivity contribution in [2.75, 3.05) is 7.11 Å². The van der Waals surface area contributed by atoms with E-state index in [0.29, 0.717) is 0 Å². The zero-order valence-electron chi connectivity index (χ0n) is 17.3. The number of aryl methyl sites for hydroxylation is 1. The summed E-state index contributed by atoms with van der Waals surface area (Å²) >= 11 is 0. The summed E-state index contributed by atoms with van der Waals surface area (Å²) in [6.07, 6.45) is 9.98. The van der Waals surface area contributed by atoms with Crippen molar-refractivity contribution in [3.8, 4) is 5.75 Å². The number of hydrogen-bond acceptors (Lipinski definition) is 1. The standard InChI is InChI=1S/C13H18.C8H10O.C3H8/c1-5-6-11(3)13-8-7-10(2)12(4)9-13;1-7-4-3-5-8(6-7)9-2;1-3-2/h5-6,9H,3,7-8H2,1-2,4H3;3-6H,1-2H3;3H2,1-2H3/b6-5-;;. The summed E-state index contributed by atoms with van der Waals surface area (Å²) in [6, 6.07) is 7.96. The highest BCUT2D eigenvalue weighted by molar-refractivity contribution is 5.44. The lowest BCUT2D eigenvalue weighted by molar-refractivity contribution is 0.414. The Hall–Kier alpha value is -2.02. The van der Waals surface area contributed by atoms with Crippen LogP contribution in [0.25, 0.3) is 0 Å². The third-order valence-corrected chi connectivity index (χ3v) is 3.84. The van der Waals surface area contributed by atoms with Crippen molar-refractivity contribution in [1.82, 2.24) is 0 Å². The van der Waals surface area contributed by atoms with Crippen LogP contribution in [0.5, 0.6) is 5.75 Å². The molecule has 0 aliphatic heterocycles. The molecule has 0 fully saturated rings. The third kappa shape index (κ3) is 9.76. The van der Waals surface area contributed by atoms with Crippen LogP contribution in [0.4, 0.5) is 0 Å². The van der Waals surface area contributed by atoms with Crippen LogP contribution in [-0.2, 0) is 0 Å². The van der Waals surface area contributed by atoms with Gasteiger partial charge in [-0.2, -0.15) is 0 Å². The molecule has 0 unspecified atom stereocenters. The van der Waals surface area contributed by atoms with E-state index >= 15 is 0 Å². The number of methoxy groups -OCH3 is 1. The van der Waals surface area contributed by atoms with Crippen molar-refractivity contribution in [2.24, 2.45) is 0 Å². The van der Waals surface area contributed by atoms with Crippen LogP contribution in [-0.4, -0.2) is 7.11 Å². The van der Waals surface area contributed by atoms with Crippen molar-refractivity contribution < 1.29 is 4.74 Å². The number of hydrogen-bond donors (Lipinski definition) is 0. The number of rotatable bonds is 3. The van der Waals surface area contributed by atoms with Gasteiger partial charge in [-0.3, -0.25) is 0 Å². The second-order valence-electron chi connectivity index (χ2n) is 6.39. The van der Waals surface area contributed by atoms with Crippen molar-refractivity contribution in [3.63, 3.8) is 0 Å². The number of allylic oxidation sites excluding steroid dienone is 7. The van der Waals surface area contributed by atoms with Crippen LogP contribution >= 0.6 is 0 Å². The smallest absolute Gasteiger partial charge is 0.119 e. The molecule has 0 heterocycles. The molecule has 0 aromatic heterocycles. The molecule has 0 radical (unpaired) electrons. The monoisotopic (exact) mass is 340 g/mol. The lowest BCUT2D eigenvalue weighted by atomic mass is 9.90. The van der Waals surface area contributed by atoms with Gasteiger partial charge < -0.3 is 4.74 Å². The second-order valence-corrected chi connectivity index (χ2v) is 6.39. The Balaban J connectivity index is 0.000000417. The van der Waals surface area contributed by atoms with E-state index in [4.69, 9.17) is 4.74 Å². The molecule has 1 aromatic carbocycles. The molecule has 1 aromatic rings. The maximum Gasteiger partial charge on any atom is 0.119 e. The highest BCUT2D eigenvalue weighted by Gasteiger charge is 2.07. The predicted octanol–water partition coefficient (Wildman–Crippen LogP) is 7.60. The van der Waals surface area contributed by atoms with Crippen LogP contribution in [0, 0.1) is 6.92 Å². The van der Waals surface area contributed by atoms with Crippen LogP contribution in [0.1, 0.15) is 59.4 Å². The van der Waals surface area contributed by atoms with Gasteiger partial charge >= 0.3 is 0 Å². The molecule has 1 nitrogen and oxygen atoms in total. The van der Waals surface area contributed by atoms with Gasteiger partial charge in [-0.1, -0.05) is 68.4 Å². The molecule has 2 rings (SSSR count). The maximum atomic E-state index is 5.00. The quantitative estimate of drug-likeness (QED) is 0.515. The fraction of sp³-hybridized carbons (Fsp3) is 0.417. The van der Waals surface area contributed by atoms with Gasteiger partial charge in [-0.25, -0.2) is 0 Å². The molecule has 1 aliphatic carbocycles. The summed E-state index contributed by atoms with van der Waals surface area (Å²) < 4.78 is 5.00. The molecule has 0 saturated heterocycles. The highest BCUT2D eigenvalue weighted by Crippen LogP contribution is 2.27. The Morgan fingerprint density at radius 3 is 2.24 bits per heavy atom. The van der Waals surface area contributed by atoms with Gasteiger partial charge in [-0.05, 0) is 69.4 Å². The minimum absolute atomic E-state index is 0.926. The minimum atomic E-state index is 0.926. The molecule has 0 atom stereocenters. The zero-order chi connectivity index (χ0) is 19.2. The average molecular weight is 341 g/mol. The molecular formula is C24H36O. The van der Waals surface area contributed by atoms with Gasteiger partial charge in [0.05, 0.1) is 7.11 Å². The molecule has 1 aliphatic rings. The van der Waals surface area contributed by atoms with Gasteiger partial charge in [0.15, 0.2) is 0 Å². The minimum Gasteiger partial charge on any atom is -0.497 e. The molecule has 0 spiro atoms. The van der Waals surface area contributed by atoms with Gasteiger partial charge in [-0.15, -0.1) is 0 Å². The van der Waals surface area contributed by atoms with E-state index < -0.39 is 0 Å². The number of benzene rings is 1. The van der Waals surface area contributed by atoms with Crippen molar-refractivity contribution in [2.45, 2.75) is 60.8 Å². The van der Waals surface area contributed by atoms with E-state index in [1.807, 2.05) is 44.2 Å². The molecule has 0 saturated carbocycles. The lowest BCUT2D eigenvalue weighted by Crippen LogP contribution is -1.96. The second kappa shape index (κ2) is 13.3. The van der Waals surface area contributed by atoms with Gasteiger partial charge in [0, 0.05) is 0 Å². The summed E-state index contributed by atoms with van der Waals surface area (Å²) in [7, 11) is 1.68. The van der Waals surface area contributed by atoms with E-state index in [-0.39, 0.29) is 0 Å². The third-order valence-electron chi connectivity index (χ3n) is 3.84. The van der Waals surface area contributed by atoms with E-state index in [1.165, 1.54) is 35.1 Å². The lowest BCUT2D eigenvalue weighted by Gasteiger charge is -2.15. The van der Waals surface area contributed by atoms with Crippen molar-refractivity contribution in [1.29, 1.82) is 0 Å². The fourth-order valence-corrected chi connectivity index (χ4v) is 2.28. The summed E-state index contributed by atoms with van der Waals surface area (Å²) in [4.78, 5) is 0. The molecule has 1 heteroatoms. The van der Waals surface area contributed by atoms with Gasteiger partial charge in [0.25, 0.3) is 0 Å². The predicted molar refractivity (Wildman–Crippen MR) is 113 cm³/mol. The largest absolute Gasteiger partial charge is 0.497 e. The molecular weight excluding hydrogens is 304 g/mol. The Kier molecular flexibility index (Phi) is 12.2. The molecule has 0 N–H and O–H groups in total. The first kappa shape index (κ1) is 23.0. The van der Waals surface area contributed by atoms with Crippen LogP contribution in [0.2, 0.25) is 0 Å². The molecule has 138 valence electrons. The van der Waals surface area contributed by atoms with Gasteiger partial charge in [0.1, 0.15) is 5.75 Å². The highest BCUT2D eigenvalue weighted by atomic mass is 16.5. The van der Waals surface area contributed by atoms with Crippen molar-refractivity contribution >= 4 is 0 Å². The van der Waals surface area contributed by atoms with Crippen molar-refractivity contribution in [3.05, 3.63) is 76.9 Å². The summed E-state index contributed by atoms with van der Waals surface area (Å²) in [5.74, 6) is 0.926. The molecule has 0 amide bonds. The zero-order valence-corrected chi connectivity index (χ0v) is 17.3. The SMILES string of the molecule is C=C(/C=C\C)C1=CC(C)=C(C)CC1.CCC.COc1cccc(C)c1. The van der Waals surface area contributed by atoms with E-state index in [2.05, 4.69) is 46.4 Å². The maximum absolute atomic E-state index is 5.00. The van der Waals surface area contributed by atoms with E-state index in [1.54, 1.807) is 7.11 Å². The summed E-state index contributed by atoms with van der Waals surface area (Å²) in [5.41, 5.74) is 6.70. The van der Waals surface area contributed by atoms with E-state index in [9.17, 15) is 0 Å². The first-order valence-electron chi connectivity index (χ1n) is 9.19. The Morgan fingerprint density at radius 2 is 1.80 bits per heavy atom. The Bertz CT molecular complexity index is 615. The molecule has 25 heavy (non-hydrogen) atoms. The average Bonchev–Trinajstić information content (AvgIpc) is 2.59. The normalized spacial score (nSPS) is 13.3. The van der Waals surface area contributed by atoms with E-state index in [0.717, 1.165) is 17.7 Å². The fourth-order valence-electron chi connectivity index (χ4n) is 2.28. The Labute approximate surface area is 155 Å². The topological polar surface area (TPSA) is 9.23 Å². The number of ether oxygens (including phenoxy) is 1. The van der Waals surface area contributed by atoms with Crippen LogP contribution in [0.15, 0.2) is 71.4 Å². The van der Waals surface area contributed by atoms with Crippen LogP contribution in [0.3, 0.4) is 0 Å². The first-order valence-corrected chi connectivity index (χ1v) is 9.19. The first-order chi connectivity index (χ1) is 11.9. The van der Waals surface area contributed by atoms with Gasteiger partial charge in [0.2, 0.25) is 0 Å².